The summed E-state index contributed by atoms with van der Waals surface area (Å²) >= 11 is 5.89. The van der Waals surface area contributed by atoms with Crippen molar-refractivity contribution in [2.75, 3.05) is 36.0 Å². The van der Waals surface area contributed by atoms with Crippen LogP contribution in [0.25, 0.3) is 11.3 Å². The van der Waals surface area contributed by atoms with E-state index in [1.807, 2.05) is 13.0 Å². The minimum Gasteiger partial charge on any atom is -0.367 e. The van der Waals surface area contributed by atoms with Gasteiger partial charge in [0.05, 0.1) is 18.4 Å². The van der Waals surface area contributed by atoms with E-state index in [0.29, 0.717) is 16.6 Å². The third-order valence-corrected chi connectivity index (χ3v) is 5.95. The maximum Gasteiger partial charge on any atom is 0.269 e. The number of pyridine rings is 1. The number of nitrogens with zero attached hydrogens (tertiary/aromatic N) is 8. The van der Waals surface area contributed by atoms with Gasteiger partial charge in [0.15, 0.2) is 5.82 Å². The first-order chi connectivity index (χ1) is 16.0. The van der Waals surface area contributed by atoms with Crippen LogP contribution in [-0.2, 0) is 6.54 Å². The van der Waals surface area contributed by atoms with Crippen LogP contribution in [0.2, 0.25) is 5.15 Å². The highest BCUT2D eigenvalue weighted by Gasteiger charge is 2.23. The lowest BCUT2D eigenvalue weighted by atomic mass is 10.1. The highest BCUT2D eigenvalue weighted by atomic mass is 35.5. The van der Waals surface area contributed by atoms with Gasteiger partial charge in [-0.1, -0.05) is 21.9 Å². The maximum atomic E-state index is 12.9. The zero-order valence-corrected chi connectivity index (χ0v) is 18.9. The van der Waals surface area contributed by atoms with Crippen LogP contribution in [0.15, 0.2) is 44.5 Å². The number of aromatic nitrogens is 6. The molecule has 0 amide bonds. The van der Waals surface area contributed by atoms with Crippen LogP contribution in [-0.4, -0.2) is 56.4 Å². The number of aryl methyl sites for hydroxylation is 2. The Morgan fingerprint density at radius 2 is 1.82 bits per heavy atom. The van der Waals surface area contributed by atoms with Gasteiger partial charge >= 0.3 is 0 Å². The van der Waals surface area contributed by atoms with E-state index in [4.69, 9.17) is 20.8 Å². The Bertz CT molecular complexity index is 1320. The Kier molecular flexibility index (Phi) is 5.55. The molecule has 1 aliphatic rings. The van der Waals surface area contributed by atoms with Gasteiger partial charge < -0.3 is 14.3 Å². The summed E-state index contributed by atoms with van der Waals surface area (Å²) in [5.74, 6) is 1.38. The van der Waals surface area contributed by atoms with Gasteiger partial charge in [0.25, 0.3) is 5.56 Å². The molecule has 0 N–H and O–H groups in total. The summed E-state index contributed by atoms with van der Waals surface area (Å²) in [7, 11) is 0. The Balaban J connectivity index is 1.32. The smallest absolute Gasteiger partial charge is 0.269 e. The van der Waals surface area contributed by atoms with Crippen LogP contribution in [0.3, 0.4) is 0 Å². The molecule has 0 radical (unpaired) electrons. The monoisotopic (exact) mass is 468 g/mol. The molecule has 0 saturated carbocycles. The molecule has 5 rings (SSSR count). The van der Waals surface area contributed by atoms with Gasteiger partial charge in [-0.15, -0.1) is 0 Å². The van der Waals surface area contributed by atoms with Gasteiger partial charge in [-0.25, -0.2) is 14.3 Å². The molecule has 12 heteroatoms. The van der Waals surface area contributed by atoms with Crippen molar-refractivity contribution in [1.82, 2.24) is 30.2 Å². The fourth-order valence-corrected chi connectivity index (χ4v) is 3.99. The molecular formula is C21H21ClN8O3. The normalized spacial score (nSPS) is 14.2. The van der Waals surface area contributed by atoms with Crippen molar-refractivity contribution in [2.24, 2.45) is 0 Å². The molecule has 11 nitrogen and oxygen atoms in total. The molecule has 0 aromatic carbocycles. The first kappa shape index (κ1) is 21.1. The molecular weight excluding hydrogens is 448 g/mol. The molecule has 170 valence electrons. The number of hydrogen-bond donors (Lipinski definition) is 0. The van der Waals surface area contributed by atoms with Gasteiger partial charge in [0, 0.05) is 49.6 Å². The summed E-state index contributed by atoms with van der Waals surface area (Å²) in [4.78, 5) is 21.2. The van der Waals surface area contributed by atoms with Gasteiger partial charge in [-0.3, -0.25) is 4.79 Å². The summed E-state index contributed by atoms with van der Waals surface area (Å²) in [6.07, 6.45) is 3.34. The second-order valence-electron chi connectivity index (χ2n) is 7.79. The molecule has 0 bridgehead atoms. The van der Waals surface area contributed by atoms with Crippen LogP contribution in [0.1, 0.15) is 17.0 Å². The van der Waals surface area contributed by atoms with E-state index < -0.39 is 0 Å². The average molecular weight is 469 g/mol. The highest BCUT2D eigenvalue weighted by molar-refractivity contribution is 6.29. The predicted octanol–water partition coefficient (Wildman–Crippen LogP) is 2.32. The molecule has 1 saturated heterocycles. The van der Waals surface area contributed by atoms with E-state index in [-0.39, 0.29) is 12.1 Å². The molecule has 0 spiro atoms. The number of piperazine rings is 1. The van der Waals surface area contributed by atoms with Gasteiger partial charge in [0.2, 0.25) is 0 Å². The third-order valence-electron chi connectivity index (χ3n) is 5.72. The molecule has 1 fully saturated rings. The lowest BCUT2D eigenvalue weighted by Crippen LogP contribution is -2.47. The van der Waals surface area contributed by atoms with Crippen molar-refractivity contribution >= 4 is 23.1 Å². The van der Waals surface area contributed by atoms with Crippen molar-refractivity contribution in [3.05, 3.63) is 63.1 Å². The molecule has 5 heterocycles. The van der Waals surface area contributed by atoms with E-state index in [9.17, 15) is 4.79 Å². The van der Waals surface area contributed by atoms with Crippen molar-refractivity contribution in [1.29, 1.82) is 0 Å². The van der Waals surface area contributed by atoms with Crippen molar-refractivity contribution in [2.45, 2.75) is 20.4 Å². The maximum absolute atomic E-state index is 12.9. The van der Waals surface area contributed by atoms with Gasteiger partial charge in [0.1, 0.15) is 22.3 Å². The minimum atomic E-state index is -0.202. The number of anilines is 2. The first-order valence-corrected chi connectivity index (χ1v) is 10.8. The van der Waals surface area contributed by atoms with E-state index in [1.165, 1.54) is 4.68 Å². The molecule has 0 aliphatic carbocycles. The van der Waals surface area contributed by atoms with E-state index in [2.05, 4.69) is 35.4 Å². The Morgan fingerprint density at radius 1 is 1.03 bits per heavy atom. The average Bonchev–Trinajstić information content (AvgIpc) is 3.41. The zero-order chi connectivity index (χ0) is 22.9. The molecule has 0 unspecified atom stereocenters. The van der Waals surface area contributed by atoms with E-state index in [1.54, 1.807) is 31.5 Å². The van der Waals surface area contributed by atoms with Gasteiger partial charge in [-0.05, 0) is 31.1 Å². The molecule has 4 aromatic rings. The summed E-state index contributed by atoms with van der Waals surface area (Å²) < 4.78 is 11.6. The topological polar surface area (TPSA) is 119 Å². The van der Waals surface area contributed by atoms with Crippen LogP contribution < -0.4 is 15.4 Å². The Hall–Kier alpha value is -3.73. The Labute approximate surface area is 193 Å². The quantitative estimate of drug-likeness (QED) is 0.403. The summed E-state index contributed by atoms with van der Waals surface area (Å²) in [5.41, 5.74) is 3.49. The number of halogens is 1. The predicted molar refractivity (Wildman–Crippen MR) is 121 cm³/mol. The first-order valence-electron chi connectivity index (χ1n) is 10.4. The zero-order valence-electron chi connectivity index (χ0n) is 18.1. The van der Waals surface area contributed by atoms with Crippen LogP contribution >= 0.6 is 11.6 Å². The van der Waals surface area contributed by atoms with Gasteiger partial charge in [-0.2, -0.15) is 5.10 Å². The highest BCUT2D eigenvalue weighted by Crippen LogP contribution is 2.26. The van der Waals surface area contributed by atoms with Crippen LogP contribution in [0.5, 0.6) is 0 Å². The largest absolute Gasteiger partial charge is 0.367 e. The molecule has 0 atom stereocenters. The van der Waals surface area contributed by atoms with E-state index >= 15 is 0 Å². The second kappa shape index (κ2) is 8.66. The lowest BCUT2D eigenvalue weighted by Gasteiger charge is -2.35. The fraction of sp³-hybridized carbons (Fsp3) is 0.333. The third kappa shape index (κ3) is 4.19. The standard InChI is InChI=1S/C21H21ClN8O3/c1-13-21(27-33-25-13)29-7-5-28(6-8-29)16-9-19(31)30(24-11-16)12-17-14(2)32-26-20(17)15-3-4-18(22)23-10-15/h3-4,9-11H,5-8,12H2,1-2H3. The SMILES string of the molecule is Cc1nonc1N1CCN(c2cnn(Cc3c(-c4ccc(Cl)nc4)noc3C)c(=O)c2)CC1. The van der Waals surface area contributed by atoms with Crippen LogP contribution in [0.4, 0.5) is 11.5 Å². The lowest BCUT2D eigenvalue weighted by molar-refractivity contribution is 0.304. The summed E-state index contributed by atoms with van der Waals surface area (Å²) in [6.45, 7) is 6.87. The van der Waals surface area contributed by atoms with Crippen LogP contribution in [0, 0.1) is 13.8 Å². The summed E-state index contributed by atoms with van der Waals surface area (Å²) in [5, 5.41) is 16.7. The fourth-order valence-electron chi connectivity index (χ4n) is 3.88. The summed E-state index contributed by atoms with van der Waals surface area (Å²) in [6, 6.07) is 5.10. The number of rotatable bonds is 5. The van der Waals surface area contributed by atoms with Crippen molar-refractivity contribution in [3.8, 4) is 11.3 Å². The number of hydrogen-bond acceptors (Lipinski definition) is 10. The molecule has 33 heavy (non-hydrogen) atoms. The molecule has 1 aliphatic heterocycles. The minimum absolute atomic E-state index is 0.202. The Morgan fingerprint density at radius 3 is 2.48 bits per heavy atom. The molecule has 4 aromatic heterocycles. The second-order valence-corrected chi connectivity index (χ2v) is 8.18. The van der Waals surface area contributed by atoms with Crippen molar-refractivity contribution in [3.63, 3.8) is 0 Å². The van der Waals surface area contributed by atoms with E-state index in [0.717, 1.165) is 54.5 Å². The van der Waals surface area contributed by atoms with Crippen molar-refractivity contribution < 1.29 is 9.15 Å².